The lowest BCUT2D eigenvalue weighted by Crippen LogP contribution is -2.36. The summed E-state index contributed by atoms with van der Waals surface area (Å²) in [5.41, 5.74) is 6.60. The Labute approximate surface area is 123 Å². The number of rotatable bonds is 7. The minimum atomic E-state index is -3.77. The monoisotopic (exact) mass is 318 g/mol. The van der Waals surface area contributed by atoms with Crippen LogP contribution in [0.15, 0.2) is 23.1 Å². The Balaban J connectivity index is 3.23. The molecule has 8 heteroatoms. The topological polar surface area (TPSA) is 104 Å². The Morgan fingerprint density at radius 1 is 1.30 bits per heavy atom. The van der Waals surface area contributed by atoms with E-state index in [1.54, 1.807) is 13.0 Å². The first-order valence-corrected chi connectivity index (χ1v) is 7.81. The maximum atomic E-state index is 12.5. The van der Waals surface area contributed by atoms with Crippen molar-refractivity contribution in [1.29, 1.82) is 0 Å². The summed E-state index contributed by atoms with van der Waals surface area (Å²) in [7, 11) is -3.77. The largest absolute Gasteiger partial charge is 0.395 e. The summed E-state index contributed by atoms with van der Waals surface area (Å²) in [6, 6.07) is 4.57. The predicted molar refractivity (Wildman–Crippen MR) is 80.0 cm³/mol. The number of benzene rings is 1. The molecule has 1 aromatic carbocycles. The minimum absolute atomic E-state index is 0.0701. The average molecular weight is 318 g/mol. The average Bonchev–Trinajstić information content (AvgIpc) is 2.37. The lowest BCUT2D eigenvalue weighted by atomic mass is 10.1. The third kappa shape index (κ3) is 3.74. The van der Waals surface area contributed by atoms with Gasteiger partial charge in [0.05, 0.1) is 18.1 Å². The normalized spacial score (nSPS) is 11.8. The summed E-state index contributed by atoms with van der Waals surface area (Å²) in [6.45, 7) is 0.871. The van der Waals surface area contributed by atoms with Crippen LogP contribution in [0.25, 0.3) is 0 Å². The second-order valence-corrected chi connectivity index (χ2v) is 6.54. The van der Waals surface area contributed by atoms with E-state index >= 15 is 0 Å². The third-order valence-corrected chi connectivity index (χ3v) is 5.07. The third-order valence-electron chi connectivity index (χ3n) is 2.78. The van der Waals surface area contributed by atoms with E-state index < -0.39 is 10.0 Å². The van der Waals surface area contributed by atoms with Crippen LogP contribution in [0.2, 0.25) is 0 Å². The fourth-order valence-electron chi connectivity index (χ4n) is 1.81. The number of hydrogen-bond acceptors (Lipinski definition) is 5. The number of sulfonamides is 1. The van der Waals surface area contributed by atoms with Gasteiger partial charge in [-0.1, -0.05) is 18.3 Å². The molecule has 0 saturated heterocycles. The number of aliphatic hydroxyl groups excluding tert-OH is 2. The zero-order valence-corrected chi connectivity index (χ0v) is 12.7. The second-order valence-electron chi connectivity index (χ2n) is 4.20. The van der Waals surface area contributed by atoms with Gasteiger partial charge in [-0.3, -0.25) is 0 Å². The quantitative estimate of drug-likeness (QED) is 0.591. The Morgan fingerprint density at radius 2 is 1.85 bits per heavy atom. The molecule has 0 atom stereocenters. The van der Waals surface area contributed by atoms with E-state index in [1.807, 2.05) is 0 Å². The van der Waals surface area contributed by atoms with E-state index in [-0.39, 0.29) is 36.2 Å². The molecule has 4 N–H and O–H groups in total. The molecule has 0 heterocycles. The van der Waals surface area contributed by atoms with Crippen molar-refractivity contribution in [2.75, 3.05) is 26.3 Å². The molecule has 0 aliphatic rings. The molecule has 1 aromatic rings. The highest BCUT2D eigenvalue weighted by atomic mass is 32.2. The first-order valence-electron chi connectivity index (χ1n) is 5.97. The molecule has 112 valence electrons. The van der Waals surface area contributed by atoms with Crippen LogP contribution < -0.4 is 5.73 Å². The standard InChI is InChI=1S/C12H18N2O4S2/c1-9-8-10(12(13)19)2-3-11(9)20(17,18)14(4-6-15)5-7-16/h2-3,8,15-16H,4-7H2,1H3,(H2,13,19). The van der Waals surface area contributed by atoms with Crippen molar-refractivity contribution in [3.63, 3.8) is 0 Å². The highest BCUT2D eigenvalue weighted by molar-refractivity contribution is 7.89. The molecule has 0 fully saturated rings. The molecule has 0 radical (unpaired) electrons. The lowest BCUT2D eigenvalue weighted by Gasteiger charge is -2.21. The van der Waals surface area contributed by atoms with Crippen molar-refractivity contribution in [2.24, 2.45) is 5.73 Å². The van der Waals surface area contributed by atoms with Crippen molar-refractivity contribution in [3.05, 3.63) is 29.3 Å². The molecule has 1 rings (SSSR count). The first-order chi connectivity index (χ1) is 9.34. The molecule has 0 aliphatic carbocycles. The number of hydrogen-bond donors (Lipinski definition) is 3. The number of nitrogens with zero attached hydrogens (tertiary/aromatic N) is 1. The van der Waals surface area contributed by atoms with Crippen LogP contribution in [0.4, 0.5) is 0 Å². The van der Waals surface area contributed by atoms with Gasteiger partial charge in [0.15, 0.2) is 0 Å². The molecule has 0 unspecified atom stereocenters. The Morgan fingerprint density at radius 3 is 2.25 bits per heavy atom. The Bertz CT molecular complexity index is 581. The zero-order chi connectivity index (χ0) is 15.3. The van der Waals surface area contributed by atoms with Gasteiger partial charge in [0.2, 0.25) is 10.0 Å². The number of aliphatic hydroxyl groups is 2. The minimum Gasteiger partial charge on any atom is -0.395 e. The summed E-state index contributed by atoms with van der Waals surface area (Å²) < 4.78 is 25.9. The maximum Gasteiger partial charge on any atom is 0.243 e. The highest BCUT2D eigenvalue weighted by Gasteiger charge is 2.25. The van der Waals surface area contributed by atoms with Crippen LogP contribution >= 0.6 is 12.2 Å². The summed E-state index contributed by atoms with van der Waals surface area (Å²) >= 11 is 4.84. The molecular formula is C12H18N2O4S2. The van der Waals surface area contributed by atoms with Gasteiger partial charge in [-0.25, -0.2) is 8.42 Å². The molecule has 0 amide bonds. The molecule has 0 spiro atoms. The van der Waals surface area contributed by atoms with Gasteiger partial charge in [-0.05, 0) is 24.6 Å². The van der Waals surface area contributed by atoms with E-state index in [0.717, 1.165) is 4.31 Å². The molecule has 0 bridgehead atoms. The van der Waals surface area contributed by atoms with Crippen molar-refractivity contribution in [1.82, 2.24) is 4.31 Å². The lowest BCUT2D eigenvalue weighted by molar-refractivity contribution is 0.217. The van der Waals surface area contributed by atoms with Crippen LogP contribution in [0.5, 0.6) is 0 Å². The highest BCUT2D eigenvalue weighted by Crippen LogP contribution is 2.21. The van der Waals surface area contributed by atoms with Gasteiger partial charge in [0.1, 0.15) is 4.99 Å². The van der Waals surface area contributed by atoms with Crippen LogP contribution in [0.3, 0.4) is 0 Å². The smallest absolute Gasteiger partial charge is 0.243 e. The molecule has 20 heavy (non-hydrogen) atoms. The van der Waals surface area contributed by atoms with Gasteiger partial charge in [-0.15, -0.1) is 0 Å². The van der Waals surface area contributed by atoms with Crippen LogP contribution in [0.1, 0.15) is 11.1 Å². The van der Waals surface area contributed by atoms with Crippen molar-refractivity contribution in [3.8, 4) is 0 Å². The second kappa shape index (κ2) is 7.09. The fraction of sp³-hybridized carbons (Fsp3) is 0.417. The van der Waals surface area contributed by atoms with E-state index in [9.17, 15) is 8.42 Å². The number of thiocarbonyl (C=S) groups is 1. The fourth-order valence-corrected chi connectivity index (χ4v) is 3.56. The SMILES string of the molecule is Cc1cc(C(N)=S)ccc1S(=O)(=O)N(CCO)CCO. The van der Waals surface area contributed by atoms with Crippen LogP contribution in [-0.4, -0.2) is 54.2 Å². The first kappa shape index (κ1) is 17.0. The van der Waals surface area contributed by atoms with Gasteiger partial charge < -0.3 is 15.9 Å². The predicted octanol–water partition coefficient (Wildman–Crippen LogP) is -0.395. The summed E-state index contributed by atoms with van der Waals surface area (Å²) in [5.74, 6) is 0. The van der Waals surface area contributed by atoms with E-state index in [4.69, 9.17) is 28.2 Å². The number of nitrogens with two attached hydrogens (primary N) is 1. The Kier molecular flexibility index (Phi) is 6.03. The summed E-state index contributed by atoms with van der Waals surface area (Å²) in [4.78, 5) is 0.305. The van der Waals surface area contributed by atoms with Crippen molar-refractivity contribution < 1.29 is 18.6 Å². The van der Waals surface area contributed by atoms with Gasteiger partial charge in [0.25, 0.3) is 0 Å². The van der Waals surface area contributed by atoms with Crippen molar-refractivity contribution >= 4 is 27.2 Å². The maximum absolute atomic E-state index is 12.5. The molecule has 6 nitrogen and oxygen atoms in total. The summed E-state index contributed by atoms with van der Waals surface area (Å²) in [5, 5.41) is 17.9. The van der Waals surface area contributed by atoms with Gasteiger partial charge in [0, 0.05) is 18.7 Å². The number of aryl methyl sites for hydroxylation is 1. The summed E-state index contributed by atoms with van der Waals surface area (Å²) in [6.07, 6.45) is 0. The Hall–Kier alpha value is -1.06. The van der Waals surface area contributed by atoms with Crippen molar-refractivity contribution in [2.45, 2.75) is 11.8 Å². The molecule has 0 saturated carbocycles. The molecular weight excluding hydrogens is 300 g/mol. The van der Waals surface area contributed by atoms with E-state index in [0.29, 0.717) is 11.1 Å². The van der Waals surface area contributed by atoms with E-state index in [2.05, 4.69) is 0 Å². The van der Waals surface area contributed by atoms with Gasteiger partial charge in [-0.2, -0.15) is 4.31 Å². The molecule has 0 aromatic heterocycles. The van der Waals surface area contributed by atoms with Crippen LogP contribution in [-0.2, 0) is 10.0 Å². The molecule has 0 aliphatic heterocycles. The zero-order valence-electron chi connectivity index (χ0n) is 11.1. The van der Waals surface area contributed by atoms with Gasteiger partial charge >= 0.3 is 0 Å². The van der Waals surface area contributed by atoms with Crippen LogP contribution in [0, 0.1) is 6.92 Å². The van der Waals surface area contributed by atoms with E-state index in [1.165, 1.54) is 12.1 Å².